The summed E-state index contributed by atoms with van der Waals surface area (Å²) in [6, 6.07) is 19.0. The van der Waals surface area contributed by atoms with E-state index in [2.05, 4.69) is 0 Å². The van der Waals surface area contributed by atoms with E-state index in [-0.39, 0.29) is 34.9 Å². The fourth-order valence-electron chi connectivity index (χ4n) is 3.23. The van der Waals surface area contributed by atoms with Crippen molar-refractivity contribution in [3.8, 4) is 0 Å². The number of ketones is 2. The Bertz CT molecular complexity index is 1080. The maximum Gasteiger partial charge on any atom is 0.339 e. The molecule has 0 unspecified atom stereocenters. The van der Waals surface area contributed by atoms with E-state index in [1.54, 1.807) is 36.4 Å². The molecule has 0 radical (unpaired) electrons. The number of benzene rings is 3. The van der Waals surface area contributed by atoms with Crippen molar-refractivity contribution in [2.45, 2.75) is 13.5 Å². The molecule has 0 spiro atoms. The zero-order valence-electron chi connectivity index (χ0n) is 14.7. The van der Waals surface area contributed by atoms with Gasteiger partial charge in [-0.2, -0.15) is 0 Å². The van der Waals surface area contributed by atoms with Crippen molar-refractivity contribution < 1.29 is 19.1 Å². The summed E-state index contributed by atoms with van der Waals surface area (Å²) in [5.41, 5.74) is 3.12. The molecule has 3 aromatic carbocycles. The quantitative estimate of drug-likeness (QED) is 0.518. The van der Waals surface area contributed by atoms with E-state index in [1.807, 2.05) is 31.2 Å². The minimum atomic E-state index is -0.618. The second-order valence-electron chi connectivity index (χ2n) is 6.49. The lowest BCUT2D eigenvalue weighted by Gasteiger charge is -2.19. The largest absolute Gasteiger partial charge is 0.457 e. The molecule has 4 rings (SSSR count). The summed E-state index contributed by atoms with van der Waals surface area (Å²) >= 11 is 0. The van der Waals surface area contributed by atoms with Crippen molar-refractivity contribution in [3.63, 3.8) is 0 Å². The number of hydrogen-bond donors (Lipinski definition) is 0. The van der Waals surface area contributed by atoms with Gasteiger partial charge < -0.3 is 4.74 Å². The third kappa shape index (κ3) is 2.95. The zero-order chi connectivity index (χ0) is 19.0. The molecular weight excluding hydrogens is 340 g/mol. The van der Waals surface area contributed by atoms with Gasteiger partial charge in [-0.1, -0.05) is 66.2 Å². The maximum absolute atomic E-state index is 12.9. The van der Waals surface area contributed by atoms with Gasteiger partial charge in [0.2, 0.25) is 0 Å². The average molecular weight is 356 g/mol. The molecule has 132 valence electrons. The van der Waals surface area contributed by atoms with Crippen LogP contribution in [0.2, 0.25) is 0 Å². The van der Waals surface area contributed by atoms with Gasteiger partial charge in [0.1, 0.15) is 6.61 Å². The van der Waals surface area contributed by atoms with Crippen LogP contribution in [-0.2, 0) is 11.3 Å². The average Bonchev–Trinajstić information content (AvgIpc) is 2.71. The van der Waals surface area contributed by atoms with E-state index in [1.165, 1.54) is 6.07 Å². The Kier molecular flexibility index (Phi) is 4.16. The van der Waals surface area contributed by atoms with E-state index in [0.29, 0.717) is 11.1 Å². The number of ether oxygens (including phenoxy) is 1. The number of hydrogen-bond acceptors (Lipinski definition) is 4. The van der Waals surface area contributed by atoms with Gasteiger partial charge >= 0.3 is 5.97 Å². The Hall–Kier alpha value is -3.53. The third-order valence-corrected chi connectivity index (χ3v) is 4.66. The van der Waals surface area contributed by atoms with Crippen LogP contribution in [0.3, 0.4) is 0 Å². The van der Waals surface area contributed by atoms with Crippen molar-refractivity contribution in [1.29, 1.82) is 0 Å². The van der Waals surface area contributed by atoms with Crippen LogP contribution in [0.25, 0.3) is 0 Å². The van der Waals surface area contributed by atoms with Gasteiger partial charge in [0.25, 0.3) is 0 Å². The second-order valence-corrected chi connectivity index (χ2v) is 6.49. The fourth-order valence-corrected chi connectivity index (χ4v) is 3.23. The molecule has 1 aliphatic carbocycles. The Morgan fingerprint density at radius 2 is 1.41 bits per heavy atom. The number of fused-ring (bicyclic) bond motifs is 2. The Labute approximate surface area is 156 Å². The maximum atomic E-state index is 12.9. The summed E-state index contributed by atoms with van der Waals surface area (Å²) in [5.74, 6) is -1.20. The first kappa shape index (κ1) is 16.9. The summed E-state index contributed by atoms with van der Waals surface area (Å²) in [4.78, 5) is 38.3. The normalized spacial score (nSPS) is 12.3. The number of carbonyl (C=O) groups excluding carboxylic acids is 3. The minimum Gasteiger partial charge on any atom is -0.457 e. The molecule has 1 aliphatic rings. The number of carbonyl (C=O) groups is 3. The smallest absolute Gasteiger partial charge is 0.339 e. The highest BCUT2D eigenvalue weighted by Crippen LogP contribution is 2.29. The van der Waals surface area contributed by atoms with Crippen molar-refractivity contribution in [2.24, 2.45) is 0 Å². The first-order chi connectivity index (χ1) is 13.1. The molecule has 0 saturated carbocycles. The Morgan fingerprint density at radius 3 is 2.11 bits per heavy atom. The van der Waals surface area contributed by atoms with Gasteiger partial charge in [-0.3, -0.25) is 9.59 Å². The molecule has 0 heterocycles. The van der Waals surface area contributed by atoms with E-state index in [9.17, 15) is 14.4 Å². The molecule has 0 atom stereocenters. The van der Waals surface area contributed by atoms with Crippen LogP contribution in [-0.4, -0.2) is 17.5 Å². The molecule has 0 amide bonds. The highest BCUT2D eigenvalue weighted by molar-refractivity contribution is 6.30. The van der Waals surface area contributed by atoms with E-state index >= 15 is 0 Å². The molecule has 0 N–H and O–H groups in total. The lowest BCUT2D eigenvalue weighted by Crippen LogP contribution is -2.24. The van der Waals surface area contributed by atoms with Gasteiger partial charge in [0.05, 0.1) is 5.56 Å². The van der Waals surface area contributed by atoms with E-state index in [0.717, 1.165) is 11.1 Å². The highest BCUT2D eigenvalue weighted by Gasteiger charge is 2.33. The fraction of sp³-hybridized carbons (Fsp3) is 0.0870. The summed E-state index contributed by atoms with van der Waals surface area (Å²) in [7, 11) is 0. The lowest BCUT2D eigenvalue weighted by molar-refractivity contribution is 0.0470. The van der Waals surface area contributed by atoms with Crippen LogP contribution in [0.4, 0.5) is 0 Å². The van der Waals surface area contributed by atoms with Crippen LogP contribution in [0, 0.1) is 6.92 Å². The SMILES string of the molecule is Cc1ccc(COC(=O)c2cccc3c2C(=O)c2ccccc2C3=O)cc1. The third-order valence-electron chi connectivity index (χ3n) is 4.66. The summed E-state index contributed by atoms with van der Waals surface area (Å²) in [5, 5.41) is 0. The standard InChI is InChI=1S/C23H16O4/c1-14-9-11-15(12-10-14)13-27-23(26)19-8-4-7-18-20(19)22(25)17-6-3-2-5-16(17)21(18)24/h2-12H,13H2,1H3. The van der Waals surface area contributed by atoms with Crippen LogP contribution in [0.5, 0.6) is 0 Å². The number of esters is 1. The lowest BCUT2D eigenvalue weighted by atomic mass is 9.82. The molecule has 0 fully saturated rings. The first-order valence-electron chi connectivity index (χ1n) is 8.60. The monoisotopic (exact) mass is 356 g/mol. The number of aryl methyl sites for hydroxylation is 1. The minimum absolute atomic E-state index is 0.0987. The van der Waals surface area contributed by atoms with E-state index < -0.39 is 5.97 Å². The molecule has 3 aromatic rings. The summed E-state index contributed by atoms with van der Waals surface area (Å²) < 4.78 is 5.39. The van der Waals surface area contributed by atoms with Crippen molar-refractivity contribution in [3.05, 3.63) is 106 Å². The zero-order valence-corrected chi connectivity index (χ0v) is 14.7. The summed E-state index contributed by atoms with van der Waals surface area (Å²) in [6.45, 7) is 2.08. The Morgan fingerprint density at radius 1 is 0.778 bits per heavy atom. The highest BCUT2D eigenvalue weighted by atomic mass is 16.5. The topological polar surface area (TPSA) is 60.4 Å². The second kappa shape index (κ2) is 6.65. The molecule has 4 nitrogen and oxygen atoms in total. The van der Waals surface area contributed by atoms with Gasteiger partial charge in [-0.25, -0.2) is 4.79 Å². The molecule has 4 heteroatoms. The summed E-state index contributed by atoms with van der Waals surface area (Å²) in [6.07, 6.45) is 0. The van der Waals surface area contributed by atoms with Gasteiger partial charge in [0.15, 0.2) is 11.6 Å². The van der Waals surface area contributed by atoms with Gasteiger partial charge in [-0.15, -0.1) is 0 Å². The van der Waals surface area contributed by atoms with Crippen LogP contribution in [0.1, 0.15) is 53.3 Å². The van der Waals surface area contributed by atoms with Gasteiger partial charge in [-0.05, 0) is 18.6 Å². The van der Waals surface area contributed by atoms with E-state index in [4.69, 9.17) is 4.74 Å². The van der Waals surface area contributed by atoms with Crippen LogP contribution >= 0.6 is 0 Å². The van der Waals surface area contributed by atoms with Crippen molar-refractivity contribution in [2.75, 3.05) is 0 Å². The molecule has 0 bridgehead atoms. The first-order valence-corrected chi connectivity index (χ1v) is 8.60. The van der Waals surface area contributed by atoms with Crippen LogP contribution < -0.4 is 0 Å². The van der Waals surface area contributed by atoms with Crippen molar-refractivity contribution in [1.82, 2.24) is 0 Å². The molecule has 0 aliphatic heterocycles. The molecule has 27 heavy (non-hydrogen) atoms. The van der Waals surface area contributed by atoms with Crippen LogP contribution in [0.15, 0.2) is 66.7 Å². The van der Waals surface area contributed by atoms with Gasteiger partial charge in [0, 0.05) is 22.3 Å². The van der Waals surface area contributed by atoms with Crippen molar-refractivity contribution >= 4 is 17.5 Å². The number of rotatable bonds is 3. The Balaban J connectivity index is 1.67. The molecule has 0 aromatic heterocycles. The molecule has 0 saturated heterocycles. The predicted molar refractivity (Wildman–Crippen MR) is 100 cm³/mol. The predicted octanol–water partition coefficient (Wildman–Crippen LogP) is 4.13. The molecular formula is C23H16O4.